The summed E-state index contributed by atoms with van der Waals surface area (Å²) in [5.41, 5.74) is 1.20. The molecule has 0 aliphatic heterocycles. The molecule has 0 bridgehead atoms. The number of rotatable bonds is 3. The van der Waals surface area contributed by atoms with Gasteiger partial charge in [-0.3, -0.25) is 0 Å². The van der Waals surface area contributed by atoms with Crippen LogP contribution >= 0.6 is 22.9 Å². The van der Waals surface area contributed by atoms with Crippen LogP contribution in [-0.4, -0.2) is 6.04 Å². The van der Waals surface area contributed by atoms with Crippen molar-refractivity contribution in [3.63, 3.8) is 0 Å². The first kappa shape index (κ1) is 9.04. The second kappa shape index (κ2) is 4.10. The van der Waals surface area contributed by atoms with Gasteiger partial charge >= 0.3 is 0 Å². The third-order valence-electron chi connectivity index (χ3n) is 1.39. The van der Waals surface area contributed by atoms with Crippen molar-refractivity contribution in [2.45, 2.75) is 26.4 Å². The predicted molar refractivity (Wildman–Crippen MR) is 51.3 cm³/mol. The maximum atomic E-state index is 5.90. The molecule has 0 aliphatic rings. The van der Waals surface area contributed by atoms with E-state index in [-0.39, 0.29) is 0 Å². The lowest BCUT2D eigenvalue weighted by molar-refractivity contribution is 0.590. The molecule has 1 aromatic heterocycles. The molecule has 62 valence electrons. The lowest BCUT2D eigenvalue weighted by Crippen LogP contribution is -2.21. The summed E-state index contributed by atoms with van der Waals surface area (Å²) in [6.45, 7) is 5.13. The van der Waals surface area contributed by atoms with E-state index in [2.05, 4.69) is 25.2 Å². The number of halogens is 1. The number of thiophene rings is 1. The van der Waals surface area contributed by atoms with Crippen molar-refractivity contribution in [2.24, 2.45) is 0 Å². The molecule has 0 saturated carbocycles. The van der Waals surface area contributed by atoms with E-state index in [0.29, 0.717) is 6.04 Å². The van der Waals surface area contributed by atoms with E-state index in [0.717, 1.165) is 10.9 Å². The largest absolute Gasteiger partial charge is 0.310 e. The molecular formula is C8H12ClNS. The second-order valence-electron chi connectivity index (χ2n) is 2.76. The van der Waals surface area contributed by atoms with Gasteiger partial charge in [-0.25, -0.2) is 0 Å². The Bertz CT molecular complexity index is 220. The Labute approximate surface area is 76.4 Å². The van der Waals surface area contributed by atoms with E-state index in [4.69, 9.17) is 11.6 Å². The summed E-state index contributed by atoms with van der Waals surface area (Å²) in [4.78, 5) is 0. The Kier molecular flexibility index (Phi) is 3.37. The first-order valence-electron chi connectivity index (χ1n) is 3.65. The molecule has 0 spiro atoms. The van der Waals surface area contributed by atoms with Crippen LogP contribution in [0.2, 0.25) is 4.34 Å². The molecule has 1 nitrogen and oxygen atoms in total. The number of hydrogen-bond donors (Lipinski definition) is 1. The van der Waals surface area contributed by atoms with Gasteiger partial charge < -0.3 is 5.32 Å². The van der Waals surface area contributed by atoms with Crippen molar-refractivity contribution in [2.75, 3.05) is 0 Å². The molecule has 1 heterocycles. The van der Waals surface area contributed by atoms with Crippen molar-refractivity contribution < 1.29 is 0 Å². The third kappa shape index (κ3) is 2.81. The SMILES string of the molecule is CC(C)NCc1ccsc1Cl. The molecule has 0 aliphatic carbocycles. The fourth-order valence-corrected chi connectivity index (χ4v) is 1.69. The Morgan fingerprint density at radius 1 is 1.64 bits per heavy atom. The quantitative estimate of drug-likeness (QED) is 0.771. The van der Waals surface area contributed by atoms with Crippen LogP contribution in [0.1, 0.15) is 19.4 Å². The van der Waals surface area contributed by atoms with Crippen LogP contribution in [0.25, 0.3) is 0 Å². The molecule has 0 aromatic carbocycles. The molecule has 0 amide bonds. The maximum absolute atomic E-state index is 5.90. The van der Waals surface area contributed by atoms with Gasteiger partial charge in [-0.15, -0.1) is 11.3 Å². The highest BCUT2D eigenvalue weighted by Crippen LogP contribution is 2.22. The number of nitrogens with one attached hydrogen (secondary N) is 1. The summed E-state index contributed by atoms with van der Waals surface area (Å²) >= 11 is 7.48. The van der Waals surface area contributed by atoms with E-state index < -0.39 is 0 Å². The molecule has 0 fully saturated rings. The summed E-state index contributed by atoms with van der Waals surface area (Å²) in [6.07, 6.45) is 0. The second-order valence-corrected chi connectivity index (χ2v) is 4.27. The van der Waals surface area contributed by atoms with E-state index in [1.54, 1.807) is 11.3 Å². The monoisotopic (exact) mass is 189 g/mol. The highest BCUT2D eigenvalue weighted by molar-refractivity contribution is 7.14. The van der Waals surface area contributed by atoms with Gasteiger partial charge in [0.15, 0.2) is 0 Å². The fourth-order valence-electron chi connectivity index (χ4n) is 0.760. The average Bonchev–Trinajstić information content (AvgIpc) is 2.31. The van der Waals surface area contributed by atoms with E-state index in [1.807, 2.05) is 5.38 Å². The Balaban J connectivity index is 2.44. The fraction of sp³-hybridized carbons (Fsp3) is 0.500. The van der Waals surface area contributed by atoms with Gasteiger partial charge in [0.1, 0.15) is 0 Å². The van der Waals surface area contributed by atoms with Crippen molar-refractivity contribution >= 4 is 22.9 Å². The first-order valence-corrected chi connectivity index (χ1v) is 4.91. The minimum Gasteiger partial charge on any atom is -0.310 e. The minimum atomic E-state index is 0.519. The zero-order valence-electron chi connectivity index (χ0n) is 6.73. The molecule has 3 heteroatoms. The summed E-state index contributed by atoms with van der Waals surface area (Å²) in [6, 6.07) is 2.58. The predicted octanol–water partition coefficient (Wildman–Crippen LogP) is 2.90. The van der Waals surface area contributed by atoms with Crippen LogP contribution < -0.4 is 5.32 Å². The van der Waals surface area contributed by atoms with Crippen LogP contribution in [0.4, 0.5) is 0 Å². The smallest absolute Gasteiger partial charge is 0.0973 e. The summed E-state index contributed by atoms with van der Waals surface area (Å²) in [5, 5.41) is 5.32. The molecule has 0 radical (unpaired) electrons. The zero-order chi connectivity index (χ0) is 8.27. The van der Waals surface area contributed by atoms with Crippen LogP contribution in [-0.2, 0) is 6.54 Å². The van der Waals surface area contributed by atoms with E-state index in [9.17, 15) is 0 Å². The topological polar surface area (TPSA) is 12.0 Å². The highest BCUT2D eigenvalue weighted by atomic mass is 35.5. The van der Waals surface area contributed by atoms with Gasteiger partial charge in [0.05, 0.1) is 4.34 Å². The van der Waals surface area contributed by atoms with E-state index in [1.165, 1.54) is 5.56 Å². The Morgan fingerprint density at radius 2 is 2.36 bits per heavy atom. The van der Waals surface area contributed by atoms with Crippen molar-refractivity contribution in [1.82, 2.24) is 5.32 Å². The summed E-state index contributed by atoms with van der Waals surface area (Å²) < 4.78 is 0.901. The van der Waals surface area contributed by atoms with Crippen LogP contribution in [0.5, 0.6) is 0 Å². The molecular weight excluding hydrogens is 178 g/mol. The Hall–Kier alpha value is -0.0500. The molecule has 0 unspecified atom stereocenters. The van der Waals surface area contributed by atoms with Gasteiger partial charge in [0.2, 0.25) is 0 Å². The zero-order valence-corrected chi connectivity index (χ0v) is 8.30. The maximum Gasteiger partial charge on any atom is 0.0973 e. The van der Waals surface area contributed by atoms with Gasteiger partial charge in [-0.05, 0) is 17.0 Å². The van der Waals surface area contributed by atoms with Crippen molar-refractivity contribution in [3.8, 4) is 0 Å². The molecule has 0 saturated heterocycles. The van der Waals surface area contributed by atoms with Gasteiger partial charge in [0, 0.05) is 12.6 Å². The minimum absolute atomic E-state index is 0.519. The van der Waals surface area contributed by atoms with Gasteiger partial charge in [-0.1, -0.05) is 25.4 Å². The average molecular weight is 190 g/mol. The lowest BCUT2D eigenvalue weighted by Gasteiger charge is -2.06. The van der Waals surface area contributed by atoms with Crippen LogP contribution in [0, 0.1) is 0 Å². The molecule has 1 rings (SSSR count). The highest BCUT2D eigenvalue weighted by Gasteiger charge is 2.00. The van der Waals surface area contributed by atoms with Crippen molar-refractivity contribution in [1.29, 1.82) is 0 Å². The Morgan fingerprint density at radius 3 is 2.82 bits per heavy atom. The summed E-state index contributed by atoms with van der Waals surface area (Å²) in [5.74, 6) is 0. The molecule has 0 atom stereocenters. The molecule has 1 N–H and O–H groups in total. The molecule has 1 aromatic rings. The van der Waals surface area contributed by atoms with Gasteiger partial charge in [0.25, 0.3) is 0 Å². The lowest BCUT2D eigenvalue weighted by atomic mass is 10.3. The standard InChI is InChI=1S/C8H12ClNS/c1-6(2)10-5-7-3-4-11-8(7)9/h3-4,6,10H,5H2,1-2H3. The molecule has 11 heavy (non-hydrogen) atoms. The normalized spacial score (nSPS) is 10.9. The van der Waals surface area contributed by atoms with Gasteiger partial charge in [-0.2, -0.15) is 0 Å². The van der Waals surface area contributed by atoms with E-state index >= 15 is 0 Å². The number of hydrogen-bond acceptors (Lipinski definition) is 2. The van der Waals surface area contributed by atoms with Crippen LogP contribution in [0.3, 0.4) is 0 Å². The van der Waals surface area contributed by atoms with Crippen LogP contribution in [0.15, 0.2) is 11.4 Å². The van der Waals surface area contributed by atoms with Crippen molar-refractivity contribution in [3.05, 3.63) is 21.3 Å². The third-order valence-corrected chi connectivity index (χ3v) is 2.65. The first-order chi connectivity index (χ1) is 5.20. The summed E-state index contributed by atoms with van der Waals surface area (Å²) in [7, 11) is 0.